The van der Waals surface area contributed by atoms with Crippen LogP contribution in [-0.4, -0.2) is 37.0 Å². The summed E-state index contributed by atoms with van der Waals surface area (Å²) in [6.07, 6.45) is 65.0. The van der Waals surface area contributed by atoms with Gasteiger partial charge in [-0.25, -0.2) is 0 Å². The molecule has 0 aromatic carbocycles. The molecule has 1 atom stereocenters. The lowest BCUT2D eigenvalue weighted by Crippen LogP contribution is -2.27. The van der Waals surface area contributed by atoms with Crippen LogP contribution in [0.1, 0.15) is 200 Å². The van der Waals surface area contributed by atoms with Crippen LogP contribution in [0.3, 0.4) is 0 Å². The molecule has 54 heavy (non-hydrogen) atoms. The van der Waals surface area contributed by atoms with Gasteiger partial charge in [-0.15, -0.1) is 0 Å². The number of allylic oxidation sites excluding steroid dienone is 14. The topological polar surface area (TPSA) is 55.8 Å². The number of hydrogen-bond donors (Lipinski definition) is 1. The molecule has 0 spiro atoms. The van der Waals surface area contributed by atoms with Crippen molar-refractivity contribution in [2.45, 2.75) is 206 Å². The monoisotopic (exact) mass is 751 g/mol. The van der Waals surface area contributed by atoms with E-state index in [4.69, 9.17) is 9.47 Å². The Bertz CT molecular complexity index is 969. The van der Waals surface area contributed by atoms with Crippen LogP contribution < -0.4 is 0 Å². The van der Waals surface area contributed by atoms with Gasteiger partial charge in [0, 0.05) is 13.0 Å². The highest BCUT2D eigenvalue weighted by Gasteiger charge is 2.13. The third kappa shape index (κ3) is 44.0. The lowest BCUT2D eigenvalue weighted by Gasteiger charge is -2.16. The summed E-state index contributed by atoms with van der Waals surface area (Å²) in [5, 5.41) is 9.62. The minimum Gasteiger partial charge on any atom is -0.457 e. The Hall–Kier alpha value is -2.43. The van der Waals surface area contributed by atoms with Crippen molar-refractivity contribution in [1.82, 2.24) is 0 Å². The van der Waals surface area contributed by atoms with Gasteiger partial charge >= 0.3 is 5.97 Å². The minimum absolute atomic E-state index is 0.183. The summed E-state index contributed by atoms with van der Waals surface area (Å²) in [4.78, 5) is 12.2. The number of carbonyl (C=O) groups is 1. The summed E-state index contributed by atoms with van der Waals surface area (Å²) in [7, 11) is 0. The number of esters is 1. The molecule has 0 amide bonds. The Balaban J connectivity index is 3.49. The van der Waals surface area contributed by atoms with Crippen LogP contribution in [0, 0.1) is 0 Å². The van der Waals surface area contributed by atoms with Gasteiger partial charge in [-0.05, 0) is 89.9 Å². The molecule has 0 aliphatic heterocycles. The largest absolute Gasteiger partial charge is 0.457 e. The zero-order valence-electron chi connectivity index (χ0n) is 35.5. The summed E-state index contributed by atoms with van der Waals surface area (Å²) >= 11 is 0. The number of unbranched alkanes of at least 4 members (excludes halogenated alkanes) is 19. The van der Waals surface area contributed by atoms with E-state index in [2.05, 4.69) is 98.9 Å². The van der Waals surface area contributed by atoms with Crippen molar-refractivity contribution < 1.29 is 19.4 Å². The first kappa shape index (κ1) is 51.6. The van der Waals surface area contributed by atoms with E-state index in [1.165, 1.54) is 116 Å². The molecule has 0 saturated carbocycles. The summed E-state index contributed by atoms with van der Waals surface area (Å²) < 4.78 is 11.2. The van der Waals surface area contributed by atoms with Crippen molar-refractivity contribution in [3.8, 4) is 0 Å². The first-order chi connectivity index (χ1) is 26.7. The van der Waals surface area contributed by atoms with E-state index in [0.717, 1.165) is 64.2 Å². The summed E-state index contributed by atoms with van der Waals surface area (Å²) in [6, 6.07) is 0. The highest BCUT2D eigenvalue weighted by molar-refractivity contribution is 5.69. The lowest BCUT2D eigenvalue weighted by atomic mass is 10.1. The number of aliphatic hydroxyl groups excluding tert-OH is 1. The molecule has 0 aromatic rings. The van der Waals surface area contributed by atoms with Crippen molar-refractivity contribution >= 4 is 5.97 Å². The van der Waals surface area contributed by atoms with Crippen LogP contribution in [0.2, 0.25) is 0 Å². The predicted molar refractivity (Wildman–Crippen MR) is 237 cm³/mol. The molecular formula is C50H86O4. The number of hydrogen-bond acceptors (Lipinski definition) is 4. The van der Waals surface area contributed by atoms with Gasteiger partial charge in [-0.2, -0.15) is 0 Å². The van der Waals surface area contributed by atoms with Crippen LogP contribution in [0.15, 0.2) is 85.1 Å². The molecule has 0 aliphatic carbocycles. The summed E-state index contributed by atoms with van der Waals surface area (Å²) in [5.41, 5.74) is 0. The van der Waals surface area contributed by atoms with Crippen molar-refractivity contribution in [2.75, 3.05) is 19.8 Å². The first-order valence-electron chi connectivity index (χ1n) is 22.7. The molecule has 0 heterocycles. The van der Waals surface area contributed by atoms with E-state index >= 15 is 0 Å². The molecule has 310 valence electrons. The molecule has 4 nitrogen and oxygen atoms in total. The molecule has 1 unspecified atom stereocenters. The van der Waals surface area contributed by atoms with E-state index in [1.807, 2.05) is 0 Å². The van der Waals surface area contributed by atoms with Crippen LogP contribution in [0.5, 0.6) is 0 Å². The van der Waals surface area contributed by atoms with Gasteiger partial charge in [-0.3, -0.25) is 4.79 Å². The standard InChI is InChI=1S/C50H86O4/c1-3-5-7-9-11-13-15-17-19-21-23-24-25-26-27-28-30-32-34-36-38-40-42-44-46-53-48-49(47-51)54-50(52)45-43-41-39-37-35-33-31-29-22-20-18-16-14-12-10-8-6-4-2/h5,7,11,13-14,16-17,19-20,22-24,26-27,49,51H,3-4,6,8-10,12,15,18,21,25,28-48H2,1-2H3/b7-5-,13-11-,16-14-,19-17-,22-20-,24-23-,27-26-. The molecule has 0 saturated heterocycles. The number of rotatable bonds is 41. The molecular weight excluding hydrogens is 665 g/mol. The van der Waals surface area contributed by atoms with Crippen LogP contribution in [-0.2, 0) is 14.3 Å². The average molecular weight is 751 g/mol. The van der Waals surface area contributed by atoms with Crippen LogP contribution in [0.25, 0.3) is 0 Å². The van der Waals surface area contributed by atoms with Crippen molar-refractivity contribution in [3.63, 3.8) is 0 Å². The highest BCUT2D eigenvalue weighted by Crippen LogP contribution is 2.13. The van der Waals surface area contributed by atoms with E-state index in [9.17, 15) is 9.90 Å². The Morgan fingerprint density at radius 2 is 0.833 bits per heavy atom. The number of ether oxygens (including phenoxy) is 2. The van der Waals surface area contributed by atoms with Crippen LogP contribution >= 0.6 is 0 Å². The molecule has 0 aliphatic rings. The third-order valence-corrected chi connectivity index (χ3v) is 9.45. The number of carbonyl (C=O) groups excluding carboxylic acids is 1. The molecule has 0 rings (SSSR count). The van der Waals surface area contributed by atoms with Gasteiger partial charge in [0.2, 0.25) is 0 Å². The quantitative estimate of drug-likeness (QED) is 0.0384. The second kappa shape index (κ2) is 46.7. The Morgan fingerprint density at radius 1 is 0.463 bits per heavy atom. The maximum Gasteiger partial charge on any atom is 0.306 e. The lowest BCUT2D eigenvalue weighted by molar-refractivity contribution is -0.154. The normalized spacial score (nSPS) is 13.2. The molecule has 1 N–H and O–H groups in total. The molecule has 0 bridgehead atoms. The van der Waals surface area contributed by atoms with Gasteiger partial charge in [0.15, 0.2) is 0 Å². The summed E-state index contributed by atoms with van der Waals surface area (Å²) in [5.74, 6) is -0.214. The van der Waals surface area contributed by atoms with Gasteiger partial charge in [-0.1, -0.05) is 189 Å². The van der Waals surface area contributed by atoms with E-state index in [1.54, 1.807) is 0 Å². The van der Waals surface area contributed by atoms with Crippen molar-refractivity contribution in [2.24, 2.45) is 0 Å². The van der Waals surface area contributed by atoms with E-state index in [-0.39, 0.29) is 19.2 Å². The SMILES string of the molecule is CC/C=C\C/C=C\C/C=C\C/C=C\C/C=C\CCCCCCCCCCOCC(CO)OC(=O)CCCCCCCCC/C=C\C/C=C\CCCCCC. The van der Waals surface area contributed by atoms with Gasteiger partial charge < -0.3 is 14.6 Å². The second-order valence-corrected chi connectivity index (χ2v) is 14.7. The molecule has 4 heteroatoms. The fourth-order valence-electron chi connectivity index (χ4n) is 6.09. The van der Waals surface area contributed by atoms with Gasteiger partial charge in [0.1, 0.15) is 6.10 Å². The second-order valence-electron chi connectivity index (χ2n) is 14.7. The zero-order valence-corrected chi connectivity index (χ0v) is 35.5. The van der Waals surface area contributed by atoms with Gasteiger partial charge in [0.25, 0.3) is 0 Å². The molecule has 0 aromatic heterocycles. The fourth-order valence-corrected chi connectivity index (χ4v) is 6.09. The molecule has 0 fully saturated rings. The van der Waals surface area contributed by atoms with Crippen molar-refractivity contribution in [3.05, 3.63) is 85.1 Å². The molecule has 0 radical (unpaired) electrons. The smallest absolute Gasteiger partial charge is 0.306 e. The highest BCUT2D eigenvalue weighted by atomic mass is 16.6. The predicted octanol–water partition coefficient (Wildman–Crippen LogP) is 15.2. The Morgan fingerprint density at radius 3 is 1.26 bits per heavy atom. The van der Waals surface area contributed by atoms with Crippen molar-refractivity contribution in [1.29, 1.82) is 0 Å². The minimum atomic E-state index is -0.548. The third-order valence-electron chi connectivity index (χ3n) is 9.45. The fraction of sp³-hybridized carbons (Fsp3) is 0.700. The van der Waals surface area contributed by atoms with E-state index < -0.39 is 6.10 Å². The van der Waals surface area contributed by atoms with Gasteiger partial charge in [0.05, 0.1) is 13.2 Å². The Labute approximate surface area is 335 Å². The number of aliphatic hydroxyl groups is 1. The average Bonchev–Trinajstić information content (AvgIpc) is 3.18. The summed E-state index contributed by atoms with van der Waals surface area (Å²) in [6.45, 7) is 5.19. The van der Waals surface area contributed by atoms with Crippen LogP contribution in [0.4, 0.5) is 0 Å². The maximum absolute atomic E-state index is 12.2. The first-order valence-corrected chi connectivity index (χ1v) is 22.7. The maximum atomic E-state index is 12.2. The zero-order chi connectivity index (χ0) is 39.1. The van der Waals surface area contributed by atoms with E-state index in [0.29, 0.717) is 13.0 Å². The Kier molecular flexibility index (Phi) is 44.6.